The molecule has 11 heteroatoms. The van der Waals surface area contributed by atoms with Gasteiger partial charge in [0.05, 0.1) is 29.9 Å². The molecular formula is C28H33FN8O2. The molecule has 1 saturated heterocycles. The van der Waals surface area contributed by atoms with Crippen LogP contribution in [0, 0.1) is 23.2 Å². The van der Waals surface area contributed by atoms with Crippen molar-refractivity contribution in [1.29, 1.82) is 5.26 Å². The largest absolute Gasteiger partial charge is 0.372 e. The average Bonchev–Trinajstić information content (AvgIpc) is 3.32. The van der Waals surface area contributed by atoms with Crippen LogP contribution in [0.4, 0.5) is 21.8 Å². The van der Waals surface area contributed by atoms with Crippen LogP contribution in [0.1, 0.15) is 30.4 Å². The Hall–Kier alpha value is -4.48. The number of aromatic nitrogens is 2. The van der Waals surface area contributed by atoms with E-state index in [9.17, 15) is 14.0 Å². The van der Waals surface area contributed by atoms with Crippen LogP contribution >= 0.6 is 0 Å². The number of likely N-dealkylation sites (N-methyl/N-ethyl adjacent to an activating group) is 1. The lowest BCUT2D eigenvalue weighted by molar-refractivity contribution is -0.135. The zero-order valence-electron chi connectivity index (χ0n) is 22.4. The van der Waals surface area contributed by atoms with Crippen LogP contribution in [0.3, 0.4) is 0 Å². The molecule has 0 saturated carbocycles. The minimum Gasteiger partial charge on any atom is -0.372 e. The lowest BCUT2D eigenvalue weighted by Crippen LogP contribution is -2.45. The van der Waals surface area contributed by atoms with E-state index < -0.39 is 12.2 Å². The molecule has 204 valence electrons. The lowest BCUT2D eigenvalue weighted by atomic mass is 10.2. The SMILES string of the molecule is CNc1nc(Nc2cccc(C#N)c2)ncc1C#CCCCNC(=O)C1C[C@H](F)CN1C(=O)/C=C/CN(C)C. The summed E-state index contributed by atoms with van der Waals surface area (Å²) >= 11 is 0. The number of alkyl halides is 1. The fourth-order valence-electron chi connectivity index (χ4n) is 3.92. The Morgan fingerprint density at radius 3 is 2.90 bits per heavy atom. The highest BCUT2D eigenvalue weighted by atomic mass is 19.1. The molecule has 1 unspecified atom stereocenters. The first-order valence-electron chi connectivity index (χ1n) is 12.6. The lowest BCUT2D eigenvalue weighted by Gasteiger charge is -2.22. The number of hydrogen-bond acceptors (Lipinski definition) is 8. The molecule has 0 aliphatic carbocycles. The highest BCUT2D eigenvalue weighted by Gasteiger charge is 2.38. The number of rotatable bonds is 10. The van der Waals surface area contributed by atoms with Crippen molar-refractivity contribution >= 4 is 29.3 Å². The van der Waals surface area contributed by atoms with E-state index in [4.69, 9.17) is 5.26 Å². The van der Waals surface area contributed by atoms with Crippen LogP contribution in [0.15, 0.2) is 42.6 Å². The topological polar surface area (TPSA) is 126 Å². The van der Waals surface area contributed by atoms with Gasteiger partial charge < -0.3 is 25.8 Å². The average molecular weight is 533 g/mol. The molecule has 1 aromatic carbocycles. The van der Waals surface area contributed by atoms with E-state index in [0.29, 0.717) is 54.5 Å². The predicted octanol–water partition coefficient (Wildman–Crippen LogP) is 2.44. The molecule has 0 bridgehead atoms. The van der Waals surface area contributed by atoms with Gasteiger partial charge in [0.15, 0.2) is 0 Å². The number of amides is 2. The number of nitriles is 1. The molecule has 2 amide bonds. The summed E-state index contributed by atoms with van der Waals surface area (Å²) in [4.78, 5) is 37.0. The summed E-state index contributed by atoms with van der Waals surface area (Å²) in [7, 11) is 5.49. The van der Waals surface area contributed by atoms with Gasteiger partial charge in [-0.15, -0.1) is 0 Å². The van der Waals surface area contributed by atoms with Crippen molar-refractivity contribution in [2.75, 3.05) is 51.4 Å². The number of hydrogen-bond donors (Lipinski definition) is 3. The van der Waals surface area contributed by atoms with Crippen molar-refractivity contribution in [2.24, 2.45) is 0 Å². The molecule has 1 aliphatic heterocycles. The third kappa shape index (κ3) is 8.80. The predicted molar refractivity (Wildman–Crippen MR) is 148 cm³/mol. The highest BCUT2D eigenvalue weighted by molar-refractivity contribution is 5.93. The second-order valence-corrected chi connectivity index (χ2v) is 9.22. The van der Waals surface area contributed by atoms with Crippen molar-refractivity contribution < 1.29 is 14.0 Å². The van der Waals surface area contributed by atoms with Gasteiger partial charge in [-0.25, -0.2) is 9.37 Å². The summed E-state index contributed by atoms with van der Waals surface area (Å²) in [6.07, 6.45) is 4.58. The second kappa shape index (κ2) is 14.5. The van der Waals surface area contributed by atoms with Crippen LogP contribution < -0.4 is 16.0 Å². The van der Waals surface area contributed by atoms with Crippen LogP contribution in [-0.2, 0) is 9.59 Å². The Labute approximate surface area is 228 Å². The number of nitrogens with one attached hydrogen (secondary N) is 3. The fraction of sp³-hybridized carbons (Fsp3) is 0.393. The summed E-state index contributed by atoms with van der Waals surface area (Å²) in [5.41, 5.74) is 1.85. The maximum absolute atomic E-state index is 14.0. The number of carbonyl (C=O) groups excluding carboxylic acids is 2. The standard InChI is InChI=1S/C28H33FN8O2/c1-31-26-21(18-33-28(35-26)34-23-11-7-9-20(15-23)17-30)10-5-4-6-13-32-27(39)24-16-22(29)19-37(24)25(38)12-8-14-36(2)3/h7-9,11-12,15,18,22,24H,4,6,13-14,16,19H2,1-3H3,(H,32,39)(H2,31,33,34,35)/b12-8+/t22-,24?/m0/s1. The molecule has 1 aliphatic rings. The Morgan fingerprint density at radius 1 is 1.33 bits per heavy atom. The number of nitrogens with zero attached hydrogens (tertiary/aromatic N) is 5. The van der Waals surface area contributed by atoms with Gasteiger partial charge >= 0.3 is 0 Å². The van der Waals surface area contributed by atoms with E-state index >= 15 is 0 Å². The van der Waals surface area contributed by atoms with Gasteiger partial charge in [0.1, 0.15) is 18.0 Å². The molecule has 2 atom stereocenters. The molecule has 10 nitrogen and oxygen atoms in total. The second-order valence-electron chi connectivity index (χ2n) is 9.22. The highest BCUT2D eigenvalue weighted by Crippen LogP contribution is 2.21. The first-order valence-corrected chi connectivity index (χ1v) is 12.6. The molecule has 2 heterocycles. The van der Waals surface area contributed by atoms with Gasteiger partial charge in [-0.1, -0.05) is 24.0 Å². The van der Waals surface area contributed by atoms with Crippen LogP contribution in [0.25, 0.3) is 0 Å². The van der Waals surface area contributed by atoms with E-state index in [1.54, 1.807) is 37.5 Å². The molecule has 1 aromatic heterocycles. The Morgan fingerprint density at radius 2 is 2.15 bits per heavy atom. The number of benzene rings is 1. The van der Waals surface area contributed by atoms with Crippen molar-refractivity contribution in [1.82, 2.24) is 25.1 Å². The third-order valence-electron chi connectivity index (χ3n) is 5.84. The summed E-state index contributed by atoms with van der Waals surface area (Å²) in [5.74, 6) is 6.30. The summed E-state index contributed by atoms with van der Waals surface area (Å²) in [6.45, 7) is 0.863. The number of halogens is 1. The molecule has 3 N–H and O–H groups in total. The molecular weight excluding hydrogens is 499 g/mol. The number of carbonyl (C=O) groups is 2. The Kier molecular flexibility index (Phi) is 10.8. The summed E-state index contributed by atoms with van der Waals surface area (Å²) < 4.78 is 14.0. The number of anilines is 3. The molecule has 3 rings (SSSR count). The Bertz CT molecular complexity index is 1290. The minimum atomic E-state index is -1.22. The zero-order chi connectivity index (χ0) is 28.2. The van der Waals surface area contributed by atoms with Gasteiger partial charge in [-0.3, -0.25) is 9.59 Å². The van der Waals surface area contributed by atoms with Gasteiger partial charge in [0.25, 0.3) is 0 Å². The van der Waals surface area contributed by atoms with Crippen molar-refractivity contribution in [3.8, 4) is 17.9 Å². The van der Waals surface area contributed by atoms with Gasteiger partial charge in [-0.2, -0.15) is 10.2 Å². The smallest absolute Gasteiger partial charge is 0.247 e. The zero-order valence-corrected chi connectivity index (χ0v) is 22.4. The van der Waals surface area contributed by atoms with Crippen LogP contribution in [0.2, 0.25) is 0 Å². The van der Waals surface area contributed by atoms with Gasteiger partial charge in [0.2, 0.25) is 17.8 Å². The van der Waals surface area contributed by atoms with E-state index in [2.05, 4.69) is 43.8 Å². The summed E-state index contributed by atoms with van der Waals surface area (Å²) in [5, 5.41) is 17.9. The minimum absolute atomic E-state index is 0.000303. The first-order chi connectivity index (χ1) is 18.8. The van der Waals surface area contributed by atoms with E-state index in [-0.39, 0.29) is 24.8 Å². The molecule has 1 fully saturated rings. The van der Waals surface area contributed by atoms with Crippen LogP contribution in [0.5, 0.6) is 0 Å². The van der Waals surface area contributed by atoms with Crippen LogP contribution in [-0.4, -0.2) is 84.6 Å². The van der Waals surface area contributed by atoms with E-state index in [1.807, 2.05) is 25.1 Å². The molecule has 39 heavy (non-hydrogen) atoms. The third-order valence-corrected chi connectivity index (χ3v) is 5.84. The number of unbranched alkanes of at least 4 members (excludes halogenated alkanes) is 1. The quantitative estimate of drug-likeness (QED) is 0.242. The number of likely N-dealkylation sites (tertiary alicyclic amines) is 1. The monoisotopic (exact) mass is 532 g/mol. The van der Waals surface area contributed by atoms with Gasteiger partial charge in [-0.05, 0) is 38.7 Å². The van der Waals surface area contributed by atoms with Crippen molar-refractivity contribution in [3.63, 3.8) is 0 Å². The molecule has 2 aromatic rings. The molecule has 0 spiro atoms. The molecule has 0 radical (unpaired) electrons. The van der Waals surface area contributed by atoms with E-state index in [1.165, 1.54) is 11.0 Å². The Balaban J connectivity index is 1.49. The van der Waals surface area contributed by atoms with Crippen molar-refractivity contribution in [3.05, 3.63) is 53.7 Å². The summed E-state index contributed by atoms with van der Waals surface area (Å²) in [6, 6.07) is 8.29. The van der Waals surface area contributed by atoms with E-state index in [0.717, 1.165) is 0 Å². The maximum Gasteiger partial charge on any atom is 0.247 e. The maximum atomic E-state index is 14.0. The van der Waals surface area contributed by atoms with Gasteiger partial charge in [0, 0.05) is 44.7 Å². The van der Waals surface area contributed by atoms with Crippen molar-refractivity contribution in [2.45, 2.75) is 31.5 Å². The first kappa shape index (κ1) is 29.1. The fourth-order valence-corrected chi connectivity index (χ4v) is 3.92. The normalized spacial score (nSPS) is 16.5.